The fraction of sp³-hybridized carbons (Fsp3) is 0.379. The van der Waals surface area contributed by atoms with Crippen molar-refractivity contribution >= 4 is 22.6 Å². The highest BCUT2D eigenvalue weighted by atomic mass is 16.5. The van der Waals surface area contributed by atoms with Crippen LogP contribution in [-0.4, -0.2) is 67.0 Å². The Labute approximate surface area is 232 Å². The first-order valence-corrected chi connectivity index (χ1v) is 13.6. The largest absolute Gasteiger partial charge is 0.497 e. The molecule has 40 heavy (non-hydrogen) atoms. The monoisotopic (exact) mass is 542 g/mol. The molecule has 11 nitrogen and oxygen atoms in total. The number of hydrazone groups is 1. The highest BCUT2D eigenvalue weighted by Crippen LogP contribution is 2.36. The van der Waals surface area contributed by atoms with E-state index in [2.05, 4.69) is 31.2 Å². The molecule has 1 saturated carbocycles. The van der Waals surface area contributed by atoms with Crippen LogP contribution in [0.5, 0.6) is 5.75 Å². The quantitative estimate of drug-likeness (QED) is 0.359. The minimum atomic E-state index is -0.802. The summed E-state index contributed by atoms with van der Waals surface area (Å²) in [5.41, 5.74) is 3.96. The number of nitrogens with one attached hydrogen (secondary N) is 1. The molecule has 0 saturated heterocycles. The van der Waals surface area contributed by atoms with Gasteiger partial charge in [0.05, 0.1) is 31.4 Å². The first-order chi connectivity index (χ1) is 19.5. The van der Waals surface area contributed by atoms with Crippen LogP contribution in [0, 0.1) is 0 Å². The van der Waals surface area contributed by atoms with Gasteiger partial charge in [0, 0.05) is 49.6 Å². The standard InChI is InChI=1S/C29H34N8O3/c1-30-26-14-25-24(16-31-26)29(20-15-32-35(2)18-20)34-37(25)21-6-10-23(11-7-21)40-27-12-13-28(38)36(33-27)17-19-4-8-22(39-3)9-5-19/h4-5,8-9,12-16,18,21,23,28,38H,6-7,10-11,17H2,1-3H3,(H,30,31)/t21-,23+,28?. The Balaban J connectivity index is 1.14. The average molecular weight is 543 g/mol. The van der Waals surface area contributed by atoms with Gasteiger partial charge < -0.3 is 19.9 Å². The van der Waals surface area contributed by atoms with Crippen molar-refractivity contribution in [2.24, 2.45) is 12.1 Å². The first-order valence-electron chi connectivity index (χ1n) is 13.6. The van der Waals surface area contributed by atoms with Crippen LogP contribution in [0.4, 0.5) is 5.82 Å². The smallest absolute Gasteiger partial charge is 0.231 e. The Bertz CT molecular complexity index is 1530. The van der Waals surface area contributed by atoms with E-state index in [-0.39, 0.29) is 12.1 Å². The third-order valence-electron chi connectivity index (χ3n) is 7.55. The van der Waals surface area contributed by atoms with E-state index in [9.17, 15) is 5.11 Å². The predicted molar refractivity (Wildman–Crippen MR) is 153 cm³/mol. The van der Waals surface area contributed by atoms with Crippen molar-refractivity contribution in [2.45, 2.75) is 50.6 Å². The molecule has 1 fully saturated rings. The molecule has 3 aromatic heterocycles. The van der Waals surface area contributed by atoms with E-state index in [1.54, 1.807) is 29.0 Å². The normalized spacial score (nSPS) is 20.9. The van der Waals surface area contributed by atoms with Gasteiger partial charge in [0.25, 0.3) is 0 Å². The third kappa shape index (κ3) is 5.24. The molecule has 0 bridgehead atoms. The summed E-state index contributed by atoms with van der Waals surface area (Å²) in [5.74, 6) is 2.13. The van der Waals surface area contributed by atoms with E-state index in [4.69, 9.17) is 14.6 Å². The Morgan fingerprint density at radius 3 is 2.60 bits per heavy atom. The van der Waals surface area contributed by atoms with Gasteiger partial charge in [0.1, 0.15) is 23.4 Å². The lowest BCUT2D eigenvalue weighted by molar-refractivity contribution is 0.0280. The van der Waals surface area contributed by atoms with Crippen molar-refractivity contribution in [3.05, 3.63) is 66.6 Å². The maximum Gasteiger partial charge on any atom is 0.231 e. The van der Waals surface area contributed by atoms with E-state index < -0.39 is 6.23 Å². The van der Waals surface area contributed by atoms with Gasteiger partial charge in [-0.3, -0.25) is 14.4 Å². The number of aromatic nitrogens is 5. The van der Waals surface area contributed by atoms with Crippen molar-refractivity contribution in [1.82, 2.24) is 29.6 Å². The summed E-state index contributed by atoms with van der Waals surface area (Å²) in [6.45, 7) is 0.463. The van der Waals surface area contributed by atoms with Gasteiger partial charge in [-0.2, -0.15) is 10.2 Å². The van der Waals surface area contributed by atoms with Crippen LogP contribution in [0.2, 0.25) is 0 Å². The van der Waals surface area contributed by atoms with Crippen LogP contribution in [-0.2, 0) is 18.3 Å². The van der Waals surface area contributed by atoms with Crippen LogP contribution < -0.4 is 10.1 Å². The molecule has 0 spiro atoms. The topological polar surface area (TPSA) is 115 Å². The zero-order valence-corrected chi connectivity index (χ0v) is 22.9. The number of aliphatic hydroxyl groups is 1. The molecule has 208 valence electrons. The lowest BCUT2D eigenvalue weighted by atomic mass is 9.93. The molecular weight excluding hydrogens is 508 g/mol. The second kappa shape index (κ2) is 11.0. The molecule has 4 aromatic rings. The van der Waals surface area contributed by atoms with Crippen molar-refractivity contribution in [1.29, 1.82) is 0 Å². The van der Waals surface area contributed by atoms with Crippen LogP contribution in [0.3, 0.4) is 0 Å². The minimum absolute atomic E-state index is 0.0480. The molecule has 1 atom stereocenters. The molecule has 1 unspecified atom stereocenters. The second-order valence-corrected chi connectivity index (χ2v) is 10.2. The molecule has 6 rings (SSSR count). The number of ether oxygens (including phenoxy) is 2. The summed E-state index contributed by atoms with van der Waals surface area (Å²) in [6, 6.07) is 10.1. The van der Waals surface area contributed by atoms with E-state index >= 15 is 0 Å². The fourth-order valence-corrected chi connectivity index (χ4v) is 5.38. The van der Waals surface area contributed by atoms with E-state index in [1.165, 1.54) is 0 Å². The molecule has 2 aliphatic rings. The molecular formula is C29H34N8O3. The van der Waals surface area contributed by atoms with Crippen molar-refractivity contribution < 1.29 is 14.6 Å². The van der Waals surface area contributed by atoms with Gasteiger partial charge in [0.2, 0.25) is 5.90 Å². The van der Waals surface area contributed by atoms with Crippen LogP contribution >= 0.6 is 0 Å². The Morgan fingerprint density at radius 2 is 1.90 bits per heavy atom. The second-order valence-electron chi connectivity index (χ2n) is 10.2. The molecule has 1 aromatic carbocycles. The van der Waals surface area contributed by atoms with Gasteiger partial charge >= 0.3 is 0 Å². The zero-order chi connectivity index (χ0) is 27.6. The Hall–Kier alpha value is -4.38. The fourth-order valence-electron chi connectivity index (χ4n) is 5.38. The summed E-state index contributed by atoms with van der Waals surface area (Å²) in [7, 11) is 5.43. The predicted octanol–water partition coefficient (Wildman–Crippen LogP) is 4.09. The Morgan fingerprint density at radius 1 is 1.10 bits per heavy atom. The zero-order valence-electron chi connectivity index (χ0n) is 22.9. The first kappa shape index (κ1) is 25.9. The summed E-state index contributed by atoms with van der Waals surface area (Å²) in [5, 5.41) is 30.2. The summed E-state index contributed by atoms with van der Waals surface area (Å²) in [4.78, 5) is 4.54. The maximum atomic E-state index is 10.5. The highest BCUT2D eigenvalue weighted by molar-refractivity contribution is 5.93. The minimum Gasteiger partial charge on any atom is -0.497 e. The van der Waals surface area contributed by atoms with E-state index in [1.807, 2.05) is 57.0 Å². The molecule has 1 aliphatic carbocycles. The van der Waals surface area contributed by atoms with Gasteiger partial charge in [-0.05, 0) is 49.5 Å². The number of fused-ring (bicyclic) bond motifs is 1. The number of pyridine rings is 1. The van der Waals surface area contributed by atoms with Crippen molar-refractivity contribution in [3.63, 3.8) is 0 Å². The molecule has 4 heterocycles. The maximum absolute atomic E-state index is 10.5. The molecule has 0 amide bonds. The third-order valence-corrected chi connectivity index (χ3v) is 7.55. The lowest BCUT2D eigenvalue weighted by Crippen LogP contribution is -2.34. The van der Waals surface area contributed by atoms with Crippen LogP contribution in [0.1, 0.15) is 37.3 Å². The number of aryl methyl sites for hydroxylation is 1. The number of methoxy groups -OCH3 is 1. The summed E-state index contributed by atoms with van der Waals surface area (Å²) >= 11 is 0. The summed E-state index contributed by atoms with van der Waals surface area (Å²) in [6.07, 6.45) is 12.1. The molecule has 1 aliphatic heterocycles. The average Bonchev–Trinajstić information content (AvgIpc) is 3.58. The summed E-state index contributed by atoms with van der Waals surface area (Å²) < 4.78 is 15.5. The van der Waals surface area contributed by atoms with Crippen LogP contribution in [0.25, 0.3) is 22.2 Å². The lowest BCUT2D eigenvalue weighted by Gasteiger charge is -2.31. The number of rotatable bonds is 7. The van der Waals surface area contributed by atoms with Crippen LogP contribution in [0.15, 0.2) is 66.2 Å². The van der Waals surface area contributed by atoms with E-state index in [0.29, 0.717) is 12.4 Å². The Kier molecular flexibility index (Phi) is 7.12. The van der Waals surface area contributed by atoms with Crippen molar-refractivity contribution in [2.75, 3.05) is 19.5 Å². The highest BCUT2D eigenvalue weighted by Gasteiger charge is 2.28. The van der Waals surface area contributed by atoms with Crippen molar-refractivity contribution in [3.8, 4) is 17.0 Å². The number of hydrogen-bond donors (Lipinski definition) is 2. The molecule has 2 N–H and O–H groups in total. The number of hydrogen-bond acceptors (Lipinski definition) is 9. The van der Waals surface area contributed by atoms with Gasteiger partial charge in [-0.15, -0.1) is 5.10 Å². The van der Waals surface area contributed by atoms with Gasteiger partial charge in [-0.1, -0.05) is 12.1 Å². The van der Waals surface area contributed by atoms with E-state index in [0.717, 1.165) is 65.0 Å². The number of anilines is 1. The number of nitrogens with zero attached hydrogens (tertiary/aromatic N) is 7. The number of aliphatic hydroxyl groups excluding tert-OH is 1. The molecule has 11 heteroatoms. The van der Waals surface area contributed by atoms with Gasteiger partial charge in [-0.25, -0.2) is 4.98 Å². The molecule has 0 radical (unpaired) electrons. The number of benzene rings is 1. The SMILES string of the molecule is CNc1cc2c(cn1)c(-c1cnn(C)c1)nn2[C@H]1CC[C@@H](OC2=NN(Cc3ccc(OC)cc3)C(O)C=C2)CC1. The van der Waals surface area contributed by atoms with Gasteiger partial charge in [0.15, 0.2) is 6.23 Å².